The number of carbonyl (C=O) groups is 2. The lowest BCUT2D eigenvalue weighted by atomic mass is 10.1. The minimum Gasteiger partial charge on any atom is -0.494 e. The van der Waals surface area contributed by atoms with Gasteiger partial charge in [-0.25, -0.2) is 4.98 Å². The zero-order chi connectivity index (χ0) is 23.7. The van der Waals surface area contributed by atoms with Crippen molar-refractivity contribution in [1.29, 1.82) is 0 Å². The lowest BCUT2D eigenvalue weighted by Gasteiger charge is -2.24. The molecule has 0 radical (unpaired) electrons. The fraction of sp³-hybridized carbons (Fsp3) is 0.148. The number of anilines is 1. The van der Waals surface area contributed by atoms with Crippen LogP contribution in [-0.2, 0) is 11.3 Å². The summed E-state index contributed by atoms with van der Waals surface area (Å²) in [5.41, 5.74) is 3.64. The van der Waals surface area contributed by atoms with Gasteiger partial charge < -0.3 is 4.74 Å². The molecule has 1 aliphatic heterocycles. The molecule has 0 atom stereocenters. The lowest BCUT2D eigenvalue weighted by molar-refractivity contribution is -0.118. The molecule has 0 bridgehead atoms. The molecule has 0 saturated carbocycles. The Morgan fingerprint density at radius 3 is 2.53 bits per heavy atom. The molecule has 0 N–H and O–H groups in total. The standard InChI is InChI=1S/C27H23N3O3S/c1-3-33-20-13-14-23-24(15-20)34-27(28-23)30(16-19-9-5-4-6-10-19)25(31)17-29-18(2)21-11-7-8-12-22(21)26(29)32/h4-15H,2-3,16-17H2,1H3. The summed E-state index contributed by atoms with van der Waals surface area (Å²) in [7, 11) is 0. The van der Waals surface area contributed by atoms with Gasteiger partial charge in [0.1, 0.15) is 12.3 Å². The van der Waals surface area contributed by atoms with Gasteiger partial charge in [0, 0.05) is 16.8 Å². The fourth-order valence-electron chi connectivity index (χ4n) is 4.02. The molecule has 0 unspecified atom stereocenters. The summed E-state index contributed by atoms with van der Waals surface area (Å²) >= 11 is 1.43. The maximum Gasteiger partial charge on any atom is 0.259 e. The van der Waals surface area contributed by atoms with Crippen molar-refractivity contribution in [2.45, 2.75) is 13.5 Å². The van der Waals surface area contributed by atoms with E-state index in [1.54, 1.807) is 11.0 Å². The number of rotatable bonds is 7. The molecule has 34 heavy (non-hydrogen) atoms. The van der Waals surface area contributed by atoms with E-state index < -0.39 is 0 Å². The van der Waals surface area contributed by atoms with Crippen LogP contribution in [0.4, 0.5) is 5.13 Å². The quantitative estimate of drug-likeness (QED) is 0.366. The Bertz CT molecular complexity index is 1360. The van der Waals surface area contributed by atoms with Gasteiger partial charge in [-0.05, 0) is 36.8 Å². The maximum atomic E-state index is 13.6. The average Bonchev–Trinajstić information content (AvgIpc) is 3.38. The highest BCUT2D eigenvalue weighted by Crippen LogP contribution is 2.34. The second kappa shape index (κ2) is 9.11. The van der Waals surface area contributed by atoms with Gasteiger partial charge in [-0.15, -0.1) is 0 Å². The van der Waals surface area contributed by atoms with Crippen molar-refractivity contribution >= 4 is 44.2 Å². The predicted octanol–water partition coefficient (Wildman–Crippen LogP) is 5.35. The predicted molar refractivity (Wildman–Crippen MR) is 135 cm³/mol. The van der Waals surface area contributed by atoms with Gasteiger partial charge in [0.25, 0.3) is 5.91 Å². The molecule has 0 fully saturated rings. The highest BCUT2D eigenvalue weighted by molar-refractivity contribution is 7.22. The molecule has 4 aromatic rings. The summed E-state index contributed by atoms with van der Waals surface area (Å²) < 4.78 is 6.55. The minimum absolute atomic E-state index is 0.112. The van der Waals surface area contributed by atoms with Gasteiger partial charge >= 0.3 is 0 Å². The van der Waals surface area contributed by atoms with E-state index in [9.17, 15) is 9.59 Å². The third-order valence-electron chi connectivity index (χ3n) is 5.71. The zero-order valence-corrected chi connectivity index (χ0v) is 19.5. The third kappa shape index (κ3) is 4.06. The van der Waals surface area contributed by atoms with E-state index in [-0.39, 0.29) is 18.4 Å². The first-order chi connectivity index (χ1) is 16.5. The van der Waals surface area contributed by atoms with Crippen LogP contribution in [-0.4, -0.2) is 34.8 Å². The summed E-state index contributed by atoms with van der Waals surface area (Å²) in [6, 6.07) is 22.8. The molecule has 2 amide bonds. The molecular weight excluding hydrogens is 446 g/mol. The average molecular weight is 470 g/mol. The zero-order valence-electron chi connectivity index (χ0n) is 18.7. The molecular formula is C27H23N3O3S. The number of thiazole rings is 1. The highest BCUT2D eigenvalue weighted by atomic mass is 32.1. The summed E-state index contributed by atoms with van der Waals surface area (Å²) in [5, 5.41) is 0.576. The maximum absolute atomic E-state index is 13.6. The van der Waals surface area contributed by atoms with Crippen molar-refractivity contribution in [2.75, 3.05) is 18.1 Å². The Balaban J connectivity index is 1.47. The normalized spacial score (nSPS) is 12.8. The minimum atomic E-state index is -0.227. The van der Waals surface area contributed by atoms with Crippen molar-refractivity contribution < 1.29 is 14.3 Å². The second-order valence-electron chi connectivity index (χ2n) is 7.91. The van der Waals surface area contributed by atoms with Gasteiger partial charge in [0.15, 0.2) is 5.13 Å². The van der Waals surface area contributed by atoms with Gasteiger partial charge in [0.2, 0.25) is 5.91 Å². The Hall–Kier alpha value is -3.97. The number of ether oxygens (including phenoxy) is 1. The molecule has 0 aliphatic carbocycles. The van der Waals surface area contributed by atoms with E-state index in [4.69, 9.17) is 9.72 Å². The van der Waals surface area contributed by atoms with Crippen molar-refractivity contribution in [3.05, 3.63) is 96.1 Å². The summed E-state index contributed by atoms with van der Waals surface area (Å²) in [5.74, 6) is 0.331. The summed E-state index contributed by atoms with van der Waals surface area (Å²) in [6.45, 7) is 6.81. The van der Waals surface area contributed by atoms with Crippen LogP contribution in [0.1, 0.15) is 28.4 Å². The van der Waals surface area contributed by atoms with Gasteiger partial charge in [-0.2, -0.15) is 0 Å². The van der Waals surface area contributed by atoms with Crippen LogP contribution in [0.5, 0.6) is 5.75 Å². The summed E-state index contributed by atoms with van der Waals surface area (Å²) in [6.07, 6.45) is 0. The highest BCUT2D eigenvalue weighted by Gasteiger charge is 2.33. The van der Waals surface area contributed by atoms with Crippen LogP contribution in [0.3, 0.4) is 0 Å². The topological polar surface area (TPSA) is 62.7 Å². The van der Waals surface area contributed by atoms with Crippen molar-refractivity contribution in [3.8, 4) is 5.75 Å². The van der Waals surface area contributed by atoms with E-state index in [0.717, 1.165) is 27.1 Å². The van der Waals surface area contributed by atoms with E-state index in [2.05, 4.69) is 6.58 Å². The van der Waals surface area contributed by atoms with Crippen molar-refractivity contribution in [3.63, 3.8) is 0 Å². The van der Waals surface area contributed by atoms with Crippen LogP contribution in [0.25, 0.3) is 15.9 Å². The molecule has 5 rings (SSSR count). The van der Waals surface area contributed by atoms with Crippen molar-refractivity contribution in [1.82, 2.24) is 9.88 Å². The smallest absolute Gasteiger partial charge is 0.259 e. The number of nitrogens with zero attached hydrogens (tertiary/aromatic N) is 3. The Labute approximate surface area is 201 Å². The van der Waals surface area contributed by atoms with Gasteiger partial charge in [-0.3, -0.25) is 19.4 Å². The molecule has 1 aromatic heterocycles. The van der Waals surface area contributed by atoms with Crippen LogP contribution >= 0.6 is 11.3 Å². The Morgan fingerprint density at radius 2 is 1.79 bits per heavy atom. The van der Waals surface area contributed by atoms with E-state index in [1.165, 1.54) is 16.2 Å². The number of carbonyl (C=O) groups excluding carboxylic acids is 2. The first-order valence-electron chi connectivity index (χ1n) is 11.0. The molecule has 0 spiro atoms. The molecule has 1 aliphatic rings. The van der Waals surface area contributed by atoms with E-state index >= 15 is 0 Å². The second-order valence-corrected chi connectivity index (χ2v) is 8.92. The third-order valence-corrected chi connectivity index (χ3v) is 6.75. The first-order valence-corrected chi connectivity index (χ1v) is 11.8. The number of fused-ring (bicyclic) bond motifs is 2. The molecule has 0 saturated heterocycles. The number of hydrogen-bond acceptors (Lipinski definition) is 5. The van der Waals surface area contributed by atoms with Crippen LogP contribution in [0.2, 0.25) is 0 Å². The lowest BCUT2D eigenvalue weighted by Crippen LogP contribution is -2.40. The van der Waals surface area contributed by atoms with Gasteiger partial charge in [-0.1, -0.05) is 66.4 Å². The summed E-state index contributed by atoms with van der Waals surface area (Å²) in [4.78, 5) is 34.4. The fourth-order valence-corrected chi connectivity index (χ4v) is 5.03. The number of benzene rings is 3. The van der Waals surface area contributed by atoms with E-state index in [1.807, 2.05) is 73.7 Å². The number of amides is 2. The van der Waals surface area contributed by atoms with Crippen LogP contribution < -0.4 is 9.64 Å². The largest absolute Gasteiger partial charge is 0.494 e. The molecule has 2 heterocycles. The first kappa shape index (κ1) is 21.9. The SMILES string of the molecule is C=C1c2ccccc2C(=O)N1CC(=O)N(Cc1ccccc1)c1nc2ccc(OCC)cc2s1. The molecule has 7 heteroatoms. The van der Waals surface area contributed by atoms with E-state index in [0.29, 0.717) is 29.5 Å². The number of aromatic nitrogens is 1. The number of hydrogen-bond donors (Lipinski definition) is 0. The molecule has 170 valence electrons. The van der Waals surface area contributed by atoms with Gasteiger partial charge in [0.05, 0.1) is 23.4 Å². The van der Waals surface area contributed by atoms with Crippen LogP contribution in [0.15, 0.2) is 79.4 Å². The monoisotopic (exact) mass is 469 g/mol. The van der Waals surface area contributed by atoms with Crippen molar-refractivity contribution in [2.24, 2.45) is 0 Å². The van der Waals surface area contributed by atoms with Crippen LogP contribution in [0, 0.1) is 0 Å². The molecule has 3 aromatic carbocycles. The Kier molecular flexibility index (Phi) is 5.86. The Morgan fingerprint density at radius 1 is 1.06 bits per heavy atom. The molecule has 6 nitrogen and oxygen atoms in total.